The Morgan fingerprint density at radius 1 is 1.12 bits per heavy atom. The highest BCUT2D eigenvalue weighted by Gasteiger charge is 2.19. The molecule has 2 heterocycles. The summed E-state index contributed by atoms with van der Waals surface area (Å²) in [6.45, 7) is -0.234. The van der Waals surface area contributed by atoms with Crippen molar-refractivity contribution in [2.24, 2.45) is 0 Å². The van der Waals surface area contributed by atoms with E-state index in [0.717, 1.165) is 35.4 Å². The molecule has 0 spiro atoms. The number of ether oxygens (including phenoxy) is 1. The highest BCUT2D eigenvalue weighted by molar-refractivity contribution is 7.12. The average Bonchev–Trinajstić information content (AvgIpc) is 3.32. The average molecular weight is 376 g/mol. The zero-order valence-corrected chi connectivity index (χ0v) is 15.5. The Labute approximate surface area is 155 Å². The Hall–Kier alpha value is -1.92. The normalized spacial score (nSPS) is 15.8. The van der Waals surface area contributed by atoms with Gasteiger partial charge in [-0.15, -0.1) is 22.7 Å². The van der Waals surface area contributed by atoms with E-state index in [0.29, 0.717) is 5.57 Å². The van der Waals surface area contributed by atoms with Crippen LogP contribution in [0.1, 0.15) is 41.9 Å². The molecule has 0 saturated heterocycles. The summed E-state index contributed by atoms with van der Waals surface area (Å²) in [6, 6.07) is 7.88. The molecule has 0 unspecified atom stereocenters. The first-order chi connectivity index (χ1) is 12.2. The molecule has 1 aliphatic carbocycles. The minimum Gasteiger partial charge on any atom is -0.452 e. The lowest BCUT2D eigenvalue weighted by atomic mass is 9.95. The summed E-state index contributed by atoms with van der Waals surface area (Å²) in [4.78, 5) is 26.4. The molecule has 6 heteroatoms. The molecule has 0 aromatic carbocycles. The second-order valence-electron chi connectivity index (χ2n) is 6.03. The molecular weight excluding hydrogens is 354 g/mol. The standard InChI is InChI=1S/C19H21NO3S2/c21-18(20-14-6-2-1-3-7-14)13-23-19(22)16(17-9-5-11-25-17)12-15-8-4-10-24-15/h4-5,8-12,14H,1-3,6-7,13H2,(H,20,21)/b16-12-. The van der Waals surface area contributed by atoms with Gasteiger partial charge < -0.3 is 10.1 Å². The maximum atomic E-state index is 12.5. The van der Waals surface area contributed by atoms with Gasteiger partial charge in [-0.3, -0.25) is 4.79 Å². The molecule has 2 aromatic rings. The van der Waals surface area contributed by atoms with Crippen molar-refractivity contribution in [2.45, 2.75) is 38.1 Å². The van der Waals surface area contributed by atoms with Gasteiger partial charge in [-0.25, -0.2) is 4.79 Å². The van der Waals surface area contributed by atoms with Crippen LogP contribution in [-0.4, -0.2) is 24.5 Å². The molecule has 2 aromatic heterocycles. The van der Waals surface area contributed by atoms with Gasteiger partial charge in [0.05, 0.1) is 5.57 Å². The molecule has 0 radical (unpaired) electrons. The number of nitrogens with one attached hydrogen (secondary N) is 1. The summed E-state index contributed by atoms with van der Waals surface area (Å²) >= 11 is 3.03. The van der Waals surface area contributed by atoms with Crippen molar-refractivity contribution in [3.05, 3.63) is 44.8 Å². The molecule has 132 valence electrons. The summed E-state index contributed by atoms with van der Waals surface area (Å²) in [5.74, 6) is -0.684. The van der Waals surface area contributed by atoms with Crippen molar-refractivity contribution in [3.8, 4) is 0 Å². The maximum Gasteiger partial charge on any atom is 0.340 e. The van der Waals surface area contributed by atoms with Crippen molar-refractivity contribution in [3.63, 3.8) is 0 Å². The molecule has 3 rings (SSSR count). The fourth-order valence-electron chi connectivity index (χ4n) is 2.90. The fourth-order valence-corrected chi connectivity index (χ4v) is 4.29. The van der Waals surface area contributed by atoms with Gasteiger partial charge in [0.15, 0.2) is 6.61 Å². The number of thiophene rings is 2. The van der Waals surface area contributed by atoms with Crippen LogP contribution in [0.3, 0.4) is 0 Å². The van der Waals surface area contributed by atoms with Crippen LogP contribution in [0.2, 0.25) is 0 Å². The fraction of sp³-hybridized carbons (Fsp3) is 0.368. The summed E-state index contributed by atoms with van der Waals surface area (Å²) in [5.41, 5.74) is 0.489. The first-order valence-electron chi connectivity index (χ1n) is 8.48. The number of carbonyl (C=O) groups excluding carboxylic acids is 2. The Kier molecular flexibility index (Phi) is 6.42. The van der Waals surface area contributed by atoms with Crippen LogP contribution >= 0.6 is 22.7 Å². The number of amides is 1. The third-order valence-corrected chi connectivity index (χ3v) is 5.86. The van der Waals surface area contributed by atoms with Gasteiger partial charge >= 0.3 is 5.97 Å². The molecule has 25 heavy (non-hydrogen) atoms. The molecule has 1 saturated carbocycles. The second-order valence-corrected chi connectivity index (χ2v) is 7.96. The van der Waals surface area contributed by atoms with Gasteiger partial charge in [0, 0.05) is 15.8 Å². The summed E-state index contributed by atoms with van der Waals surface area (Å²) in [7, 11) is 0. The third kappa shape index (κ3) is 5.28. The Bertz CT molecular complexity index is 714. The number of hydrogen-bond acceptors (Lipinski definition) is 5. The van der Waals surface area contributed by atoms with E-state index < -0.39 is 5.97 Å². The molecule has 0 bridgehead atoms. The van der Waals surface area contributed by atoms with Crippen molar-refractivity contribution < 1.29 is 14.3 Å². The quantitative estimate of drug-likeness (QED) is 0.603. The van der Waals surface area contributed by atoms with E-state index in [1.54, 1.807) is 11.3 Å². The summed E-state index contributed by atoms with van der Waals surface area (Å²) in [6.07, 6.45) is 7.38. The number of carbonyl (C=O) groups is 2. The number of esters is 1. The van der Waals surface area contributed by atoms with Crippen LogP contribution in [0.4, 0.5) is 0 Å². The minimum atomic E-state index is -0.463. The predicted octanol–water partition coefficient (Wildman–Crippen LogP) is 4.34. The van der Waals surface area contributed by atoms with E-state index in [2.05, 4.69) is 5.32 Å². The lowest BCUT2D eigenvalue weighted by molar-refractivity contribution is -0.143. The van der Waals surface area contributed by atoms with E-state index >= 15 is 0 Å². The molecule has 1 aliphatic rings. The third-order valence-electron chi connectivity index (χ3n) is 4.14. The molecule has 0 atom stereocenters. The van der Waals surface area contributed by atoms with E-state index in [1.807, 2.05) is 41.1 Å². The molecule has 1 fully saturated rings. The van der Waals surface area contributed by atoms with Crippen molar-refractivity contribution >= 4 is 46.2 Å². The lowest BCUT2D eigenvalue weighted by Gasteiger charge is -2.22. The van der Waals surface area contributed by atoms with Crippen LogP contribution in [0, 0.1) is 0 Å². The number of hydrogen-bond donors (Lipinski definition) is 1. The Morgan fingerprint density at radius 2 is 1.88 bits per heavy atom. The van der Waals surface area contributed by atoms with Gasteiger partial charge in [0.1, 0.15) is 0 Å². The zero-order chi connectivity index (χ0) is 17.5. The van der Waals surface area contributed by atoms with Crippen molar-refractivity contribution in [1.82, 2.24) is 5.32 Å². The Balaban J connectivity index is 1.60. The monoisotopic (exact) mass is 375 g/mol. The van der Waals surface area contributed by atoms with Gasteiger partial charge in [-0.05, 0) is 41.8 Å². The van der Waals surface area contributed by atoms with Gasteiger partial charge in [0.25, 0.3) is 5.91 Å². The first kappa shape index (κ1) is 17.9. The van der Waals surface area contributed by atoms with Crippen LogP contribution in [-0.2, 0) is 14.3 Å². The SMILES string of the molecule is O=C(COC(=O)/C(=C\c1cccs1)c1cccs1)NC1CCCCC1. The van der Waals surface area contributed by atoms with E-state index in [9.17, 15) is 9.59 Å². The number of rotatable bonds is 6. The molecule has 1 N–H and O–H groups in total. The van der Waals surface area contributed by atoms with Crippen LogP contribution in [0.15, 0.2) is 35.0 Å². The van der Waals surface area contributed by atoms with Crippen molar-refractivity contribution in [1.29, 1.82) is 0 Å². The smallest absolute Gasteiger partial charge is 0.340 e. The predicted molar refractivity (Wildman–Crippen MR) is 102 cm³/mol. The van der Waals surface area contributed by atoms with Crippen LogP contribution in [0.5, 0.6) is 0 Å². The molecular formula is C19H21NO3S2. The summed E-state index contributed by atoms with van der Waals surface area (Å²) in [5, 5.41) is 6.84. The summed E-state index contributed by atoms with van der Waals surface area (Å²) < 4.78 is 5.27. The van der Waals surface area contributed by atoms with Gasteiger partial charge in [0.2, 0.25) is 0 Å². The van der Waals surface area contributed by atoms with Crippen molar-refractivity contribution in [2.75, 3.05) is 6.61 Å². The Morgan fingerprint density at radius 3 is 2.56 bits per heavy atom. The van der Waals surface area contributed by atoms with Gasteiger partial charge in [-0.2, -0.15) is 0 Å². The first-order valence-corrected chi connectivity index (χ1v) is 10.2. The van der Waals surface area contributed by atoms with Gasteiger partial charge in [-0.1, -0.05) is 31.4 Å². The lowest BCUT2D eigenvalue weighted by Crippen LogP contribution is -2.38. The molecule has 4 nitrogen and oxygen atoms in total. The second kappa shape index (κ2) is 8.97. The highest BCUT2D eigenvalue weighted by Crippen LogP contribution is 2.25. The van der Waals surface area contributed by atoms with Crippen LogP contribution in [0.25, 0.3) is 11.6 Å². The topological polar surface area (TPSA) is 55.4 Å². The highest BCUT2D eigenvalue weighted by atomic mass is 32.1. The molecule has 1 amide bonds. The largest absolute Gasteiger partial charge is 0.452 e. The minimum absolute atomic E-state index is 0.220. The molecule has 0 aliphatic heterocycles. The van der Waals surface area contributed by atoms with Crippen LogP contribution < -0.4 is 5.32 Å². The zero-order valence-electron chi connectivity index (χ0n) is 13.9. The van der Waals surface area contributed by atoms with E-state index in [4.69, 9.17) is 4.74 Å². The maximum absolute atomic E-state index is 12.5. The van der Waals surface area contributed by atoms with E-state index in [1.165, 1.54) is 17.8 Å². The van der Waals surface area contributed by atoms with E-state index in [-0.39, 0.29) is 18.6 Å².